The van der Waals surface area contributed by atoms with E-state index in [0.717, 1.165) is 17.7 Å². The Kier molecular flexibility index (Phi) is 6.64. The molecule has 5 heterocycles. The van der Waals surface area contributed by atoms with Crippen LogP contribution in [0, 0.1) is 5.82 Å². The third kappa shape index (κ3) is 4.64. The molecule has 0 aliphatic carbocycles. The van der Waals surface area contributed by atoms with Gasteiger partial charge in [-0.3, -0.25) is 24.7 Å². The van der Waals surface area contributed by atoms with Gasteiger partial charge in [0.15, 0.2) is 11.6 Å². The average Bonchev–Trinajstić information content (AvgIpc) is 3.70. The molecule has 6 rings (SSSR count). The molecule has 1 aromatic carbocycles. The zero-order valence-corrected chi connectivity index (χ0v) is 22.5. The van der Waals surface area contributed by atoms with Gasteiger partial charge >= 0.3 is 0 Å². The number of H-pyrrole nitrogens is 2. The highest BCUT2D eigenvalue weighted by molar-refractivity contribution is 7.17. The van der Waals surface area contributed by atoms with Crippen LogP contribution in [0.4, 0.5) is 10.1 Å². The van der Waals surface area contributed by atoms with Gasteiger partial charge in [-0.25, -0.2) is 9.37 Å². The molecule has 0 bridgehead atoms. The number of nitrogens with zero attached hydrogens (tertiary/aromatic N) is 4. The van der Waals surface area contributed by atoms with E-state index in [4.69, 9.17) is 4.98 Å². The molecule has 1 amide bonds. The summed E-state index contributed by atoms with van der Waals surface area (Å²) in [6, 6.07) is 10.5. The van der Waals surface area contributed by atoms with Crippen molar-refractivity contribution in [2.45, 2.75) is 33.1 Å². The minimum absolute atomic E-state index is 0.0139. The molecule has 0 atom stereocenters. The maximum atomic E-state index is 16.1. The van der Waals surface area contributed by atoms with Crippen molar-refractivity contribution in [3.8, 4) is 33.2 Å². The smallest absolute Gasteiger partial charge is 0.224 e. The molecule has 0 fully saturated rings. The van der Waals surface area contributed by atoms with Crippen LogP contribution in [-0.2, 0) is 4.79 Å². The fourth-order valence-electron chi connectivity index (χ4n) is 4.57. The Morgan fingerprint density at radius 1 is 1.07 bits per heavy atom. The van der Waals surface area contributed by atoms with Crippen LogP contribution in [0.15, 0.2) is 55.0 Å². The van der Waals surface area contributed by atoms with Crippen LogP contribution < -0.4 is 5.32 Å². The lowest BCUT2D eigenvalue weighted by Gasteiger charge is -2.08. The molecule has 9 nitrogen and oxygen atoms in total. The second-order valence-electron chi connectivity index (χ2n) is 9.40. The van der Waals surface area contributed by atoms with Crippen LogP contribution in [0.5, 0.6) is 0 Å². The molecular formula is C29H24FN7O2S. The maximum absolute atomic E-state index is 16.1. The van der Waals surface area contributed by atoms with Crippen molar-refractivity contribution < 1.29 is 14.0 Å². The number of hydrogen-bond acceptors (Lipinski definition) is 7. The number of benzene rings is 1. The molecule has 40 heavy (non-hydrogen) atoms. The first-order valence-electron chi connectivity index (χ1n) is 12.8. The lowest BCUT2D eigenvalue weighted by molar-refractivity contribution is -0.116. The number of ketones is 1. The van der Waals surface area contributed by atoms with Crippen LogP contribution in [0.3, 0.4) is 0 Å². The van der Waals surface area contributed by atoms with Crippen molar-refractivity contribution in [3.05, 3.63) is 65.7 Å². The number of amides is 1. The molecule has 5 aromatic heterocycles. The molecule has 0 aliphatic heterocycles. The summed E-state index contributed by atoms with van der Waals surface area (Å²) in [7, 11) is 0. The summed E-state index contributed by atoms with van der Waals surface area (Å²) in [6.45, 7) is 3.55. The third-order valence-corrected chi connectivity index (χ3v) is 7.76. The van der Waals surface area contributed by atoms with Crippen molar-refractivity contribution in [3.63, 3.8) is 0 Å². The van der Waals surface area contributed by atoms with Crippen molar-refractivity contribution >= 4 is 50.7 Å². The SMILES string of the molecule is CCCCC(=O)Nc1cncc(-c2ccc3[nH]nc(-c4nc5c(-c6ccc(C(C)=O)s6)nccc5[nH]4)c3c2F)c1. The van der Waals surface area contributed by atoms with E-state index in [0.29, 0.717) is 61.9 Å². The lowest BCUT2D eigenvalue weighted by atomic mass is 10.0. The quantitative estimate of drug-likeness (QED) is 0.179. The minimum atomic E-state index is -0.485. The van der Waals surface area contributed by atoms with Crippen molar-refractivity contribution in [1.82, 2.24) is 30.1 Å². The van der Waals surface area contributed by atoms with Gasteiger partial charge < -0.3 is 10.3 Å². The Morgan fingerprint density at radius 3 is 2.75 bits per heavy atom. The van der Waals surface area contributed by atoms with Gasteiger partial charge in [0.1, 0.15) is 22.7 Å². The first kappa shape index (κ1) is 25.5. The highest BCUT2D eigenvalue weighted by Crippen LogP contribution is 2.36. The molecule has 6 aromatic rings. The number of Topliss-reactive ketones (excluding diaryl/α,β-unsaturated/α-hetero) is 1. The number of carbonyl (C=O) groups is 2. The zero-order chi connectivity index (χ0) is 27.8. The van der Waals surface area contributed by atoms with Gasteiger partial charge in [0.05, 0.1) is 38.1 Å². The number of rotatable bonds is 8. The average molecular weight is 554 g/mol. The maximum Gasteiger partial charge on any atom is 0.224 e. The van der Waals surface area contributed by atoms with Gasteiger partial charge in [0.25, 0.3) is 0 Å². The Balaban J connectivity index is 1.40. The monoisotopic (exact) mass is 553 g/mol. The number of thiophene rings is 1. The first-order valence-corrected chi connectivity index (χ1v) is 13.6. The zero-order valence-electron chi connectivity index (χ0n) is 21.7. The Morgan fingerprint density at radius 2 is 1.95 bits per heavy atom. The van der Waals surface area contributed by atoms with E-state index >= 15 is 4.39 Å². The van der Waals surface area contributed by atoms with Crippen LogP contribution in [0.25, 0.3) is 55.2 Å². The number of fused-ring (bicyclic) bond motifs is 2. The summed E-state index contributed by atoms with van der Waals surface area (Å²) in [5.74, 6) is -0.224. The van der Waals surface area contributed by atoms with E-state index in [1.165, 1.54) is 18.3 Å². The van der Waals surface area contributed by atoms with Crippen LogP contribution >= 0.6 is 11.3 Å². The number of aromatic amines is 2. The van der Waals surface area contributed by atoms with Gasteiger partial charge in [-0.05, 0) is 49.7 Å². The van der Waals surface area contributed by atoms with E-state index in [9.17, 15) is 9.59 Å². The largest absolute Gasteiger partial charge is 0.336 e. The molecule has 0 saturated carbocycles. The normalized spacial score (nSPS) is 11.4. The highest BCUT2D eigenvalue weighted by atomic mass is 32.1. The number of pyridine rings is 2. The summed E-state index contributed by atoms with van der Waals surface area (Å²) in [4.78, 5) is 42.1. The van der Waals surface area contributed by atoms with Crippen LogP contribution in [0.1, 0.15) is 42.8 Å². The Hall–Kier alpha value is -4.77. The van der Waals surface area contributed by atoms with Gasteiger partial charge in [-0.1, -0.05) is 13.3 Å². The fourth-order valence-corrected chi connectivity index (χ4v) is 5.46. The van der Waals surface area contributed by atoms with Crippen LogP contribution in [0.2, 0.25) is 0 Å². The number of anilines is 1. The third-order valence-electron chi connectivity index (χ3n) is 6.57. The topological polar surface area (TPSA) is 129 Å². The van der Waals surface area contributed by atoms with Crippen LogP contribution in [-0.4, -0.2) is 41.8 Å². The number of hydrogen-bond donors (Lipinski definition) is 3. The number of carbonyl (C=O) groups excluding carboxylic acids is 2. The summed E-state index contributed by atoms with van der Waals surface area (Å²) in [5.41, 5.74) is 4.11. The molecule has 0 radical (unpaired) electrons. The van der Waals surface area contributed by atoms with Gasteiger partial charge in [0, 0.05) is 29.9 Å². The van der Waals surface area contributed by atoms with Gasteiger partial charge in [-0.15, -0.1) is 11.3 Å². The number of imidazole rings is 1. The molecule has 200 valence electrons. The number of halogens is 1. The van der Waals surface area contributed by atoms with E-state index in [1.54, 1.807) is 48.9 Å². The molecular weight excluding hydrogens is 529 g/mol. The Labute approximate surface area is 231 Å². The predicted octanol–water partition coefficient (Wildman–Crippen LogP) is 6.76. The molecule has 0 spiro atoms. The predicted molar refractivity (Wildman–Crippen MR) is 154 cm³/mol. The number of unbranched alkanes of at least 4 members (excludes halogenated alkanes) is 1. The summed E-state index contributed by atoms with van der Waals surface area (Å²) < 4.78 is 16.1. The van der Waals surface area contributed by atoms with E-state index in [2.05, 4.69) is 30.5 Å². The Bertz CT molecular complexity index is 1910. The molecule has 0 aliphatic rings. The summed E-state index contributed by atoms with van der Waals surface area (Å²) >= 11 is 1.35. The molecule has 0 unspecified atom stereocenters. The summed E-state index contributed by atoms with van der Waals surface area (Å²) in [6.07, 6.45) is 6.89. The molecule has 0 saturated heterocycles. The van der Waals surface area contributed by atoms with E-state index in [-0.39, 0.29) is 17.1 Å². The van der Waals surface area contributed by atoms with Gasteiger partial charge in [0.2, 0.25) is 5.91 Å². The lowest BCUT2D eigenvalue weighted by Crippen LogP contribution is -2.11. The van der Waals surface area contributed by atoms with E-state index < -0.39 is 5.82 Å². The van der Waals surface area contributed by atoms with E-state index in [1.807, 2.05) is 13.0 Å². The second kappa shape index (κ2) is 10.4. The highest BCUT2D eigenvalue weighted by Gasteiger charge is 2.21. The van der Waals surface area contributed by atoms with Crippen molar-refractivity contribution in [2.24, 2.45) is 0 Å². The first-order chi connectivity index (χ1) is 19.4. The van der Waals surface area contributed by atoms with Crippen molar-refractivity contribution in [2.75, 3.05) is 5.32 Å². The van der Waals surface area contributed by atoms with Gasteiger partial charge in [-0.2, -0.15) is 5.10 Å². The molecule has 3 N–H and O–H groups in total. The number of nitrogens with one attached hydrogen (secondary N) is 3. The summed E-state index contributed by atoms with van der Waals surface area (Å²) in [5, 5.41) is 10.4. The fraction of sp³-hybridized carbons (Fsp3) is 0.172. The second-order valence-corrected chi connectivity index (χ2v) is 10.5. The number of aromatic nitrogens is 6. The minimum Gasteiger partial charge on any atom is -0.336 e. The molecule has 11 heteroatoms. The standard InChI is InChI=1S/C29H24FN7O2S/c1-3-4-5-23(39)33-17-12-16(13-31-14-17)18-6-7-19-24(25(18)30)28(37-36-19)29-34-20-10-11-32-27(26(20)35-29)22-9-8-21(40-22)15(2)38/h6-14H,3-5H2,1-2H3,(H,33,39)(H,34,35)(H,36,37). The van der Waals surface area contributed by atoms with Crippen molar-refractivity contribution in [1.29, 1.82) is 0 Å².